The predicted octanol–water partition coefficient (Wildman–Crippen LogP) is 5.43. The normalized spacial score (nSPS) is 12.2. The second-order valence-corrected chi connectivity index (χ2v) is 5.56. The molecule has 0 radical (unpaired) electrons. The summed E-state index contributed by atoms with van der Waals surface area (Å²) in [6, 6.07) is 22.9. The maximum atomic E-state index is 4.07. The summed E-state index contributed by atoms with van der Waals surface area (Å²) >= 11 is 0. The van der Waals surface area contributed by atoms with E-state index >= 15 is 0 Å². The van der Waals surface area contributed by atoms with Gasteiger partial charge in [0.1, 0.15) is 0 Å². The number of fused-ring (bicyclic) bond motifs is 4. The summed E-state index contributed by atoms with van der Waals surface area (Å²) < 4.78 is 0. The molecule has 3 nitrogen and oxygen atoms in total. The molecule has 4 aromatic rings. The van der Waals surface area contributed by atoms with Crippen molar-refractivity contribution < 1.29 is 0 Å². The molecule has 0 fully saturated rings. The average molecular weight is 311 g/mol. The predicted molar refractivity (Wildman–Crippen MR) is 103 cm³/mol. The Morgan fingerprint density at radius 3 is 2.17 bits per heavy atom. The number of hydrogen-bond donors (Lipinski definition) is 2. The zero-order valence-electron chi connectivity index (χ0n) is 13.1. The van der Waals surface area contributed by atoms with Gasteiger partial charge in [0.25, 0.3) is 0 Å². The quantitative estimate of drug-likeness (QED) is 0.446. The minimum absolute atomic E-state index is 1.06. The molecule has 1 aromatic heterocycles. The van der Waals surface area contributed by atoms with Crippen LogP contribution in [0.15, 0.2) is 84.1 Å². The summed E-state index contributed by atoms with van der Waals surface area (Å²) in [4.78, 5) is 3.17. The first-order chi connectivity index (χ1) is 11.9. The van der Waals surface area contributed by atoms with Gasteiger partial charge in [-0.1, -0.05) is 60.7 Å². The van der Waals surface area contributed by atoms with E-state index in [0.29, 0.717) is 0 Å². The lowest BCUT2D eigenvalue weighted by Crippen LogP contribution is -1.90. The van der Waals surface area contributed by atoms with E-state index in [1.54, 1.807) is 6.21 Å². The summed E-state index contributed by atoms with van der Waals surface area (Å²) in [7, 11) is 0. The Balaban J connectivity index is 0.000000129. The van der Waals surface area contributed by atoms with Gasteiger partial charge in [0.2, 0.25) is 0 Å². The Morgan fingerprint density at radius 2 is 1.46 bits per heavy atom. The van der Waals surface area contributed by atoms with Gasteiger partial charge in [-0.2, -0.15) is 5.10 Å². The fourth-order valence-corrected chi connectivity index (χ4v) is 2.84. The summed E-state index contributed by atoms with van der Waals surface area (Å²) in [6.07, 6.45) is 7.66. The number of benzene rings is 3. The van der Waals surface area contributed by atoms with Crippen molar-refractivity contribution in [2.45, 2.75) is 0 Å². The first-order valence-corrected chi connectivity index (χ1v) is 7.91. The molecule has 0 atom stereocenters. The lowest BCUT2D eigenvalue weighted by atomic mass is 10.1. The van der Waals surface area contributed by atoms with Crippen molar-refractivity contribution in [1.82, 2.24) is 4.98 Å². The first-order valence-electron chi connectivity index (χ1n) is 7.91. The van der Waals surface area contributed by atoms with Gasteiger partial charge in [-0.3, -0.25) is 5.43 Å². The maximum Gasteiger partial charge on any atom is 0.0727 e. The third-order valence-corrected chi connectivity index (χ3v) is 4.04. The third kappa shape index (κ3) is 2.79. The van der Waals surface area contributed by atoms with Crippen molar-refractivity contribution in [3.05, 3.63) is 84.6 Å². The Hall–Kier alpha value is -3.33. The number of aromatic amines is 1. The van der Waals surface area contributed by atoms with E-state index in [1.807, 2.05) is 18.3 Å². The molecular weight excluding hydrogens is 294 g/mol. The minimum Gasteiger partial charge on any atom is -0.361 e. The number of anilines is 1. The van der Waals surface area contributed by atoms with E-state index in [4.69, 9.17) is 0 Å². The molecule has 0 spiro atoms. The number of allylic oxidation sites excluding steroid dienone is 1. The van der Waals surface area contributed by atoms with Crippen LogP contribution in [0.25, 0.3) is 27.8 Å². The molecule has 0 aliphatic carbocycles. The first kappa shape index (κ1) is 14.3. The lowest BCUT2D eigenvalue weighted by molar-refractivity contribution is 1.37. The maximum absolute atomic E-state index is 4.07. The third-order valence-electron chi connectivity index (χ3n) is 4.04. The minimum atomic E-state index is 1.06. The monoisotopic (exact) mass is 311 g/mol. The number of nitrogens with one attached hydrogen (secondary N) is 2. The highest BCUT2D eigenvalue weighted by Gasteiger charge is 2.06. The van der Waals surface area contributed by atoms with E-state index in [2.05, 4.69) is 82.2 Å². The number of nitrogens with zero attached hydrogens (tertiary/aromatic N) is 1. The van der Waals surface area contributed by atoms with Gasteiger partial charge in [-0.05, 0) is 29.0 Å². The van der Waals surface area contributed by atoms with Crippen LogP contribution in [0.2, 0.25) is 0 Å². The molecule has 116 valence electrons. The molecule has 3 aromatic carbocycles. The lowest BCUT2D eigenvalue weighted by Gasteiger charge is -2.05. The SMILES string of the molecule is C1=Cc2ccc3[nH]ccc3c2NN=C1.c1ccc2ccccc2c1. The zero-order valence-corrected chi connectivity index (χ0v) is 13.1. The summed E-state index contributed by atoms with van der Waals surface area (Å²) in [5.74, 6) is 0. The Bertz CT molecular complexity index is 976. The molecule has 0 bridgehead atoms. The van der Waals surface area contributed by atoms with Gasteiger partial charge in [-0.15, -0.1) is 0 Å². The second kappa shape index (κ2) is 6.42. The summed E-state index contributed by atoms with van der Waals surface area (Å²) in [5, 5.41) is 7.86. The van der Waals surface area contributed by atoms with Crippen molar-refractivity contribution in [2.75, 3.05) is 5.43 Å². The van der Waals surface area contributed by atoms with E-state index in [9.17, 15) is 0 Å². The van der Waals surface area contributed by atoms with Crippen LogP contribution in [0, 0.1) is 0 Å². The van der Waals surface area contributed by atoms with E-state index < -0.39 is 0 Å². The summed E-state index contributed by atoms with van der Waals surface area (Å²) in [5.41, 5.74) is 6.39. The Kier molecular flexibility index (Phi) is 3.82. The average Bonchev–Trinajstić information content (AvgIpc) is 3.00. The Morgan fingerprint density at radius 1 is 0.750 bits per heavy atom. The smallest absolute Gasteiger partial charge is 0.0727 e. The molecule has 1 aliphatic rings. The van der Waals surface area contributed by atoms with E-state index in [0.717, 1.165) is 16.8 Å². The highest BCUT2D eigenvalue weighted by Crippen LogP contribution is 2.28. The molecule has 5 rings (SSSR count). The van der Waals surface area contributed by atoms with Crippen LogP contribution in [-0.4, -0.2) is 11.2 Å². The number of rotatable bonds is 0. The molecule has 2 heterocycles. The van der Waals surface area contributed by atoms with Crippen molar-refractivity contribution in [2.24, 2.45) is 5.10 Å². The van der Waals surface area contributed by atoms with Gasteiger partial charge in [0.05, 0.1) is 5.69 Å². The van der Waals surface area contributed by atoms with Gasteiger partial charge in [0, 0.05) is 28.9 Å². The Labute approximate surface area is 140 Å². The van der Waals surface area contributed by atoms with Crippen LogP contribution in [0.5, 0.6) is 0 Å². The van der Waals surface area contributed by atoms with Gasteiger partial charge in [0.15, 0.2) is 0 Å². The van der Waals surface area contributed by atoms with Crippen molar-refractivity contribution >= 4 is 39.7 Å². The van der Waals surface area contributed by atoms with Crippen LogP contribution < -0.4 is 5.43 Å². The highest BCUT2D eigenvalue weighted by molar-refractivity contribution is 5.98. The molecule has 3 heteroatoms. The molecule has 24 heavy (non-hydrogen) atoms. The van der Waals surface area contributed by atoms with E-state index in [1.165, 1.54) is 16.2 Å². The molecule has 0 saturated heterocycles. The van der Waals surface area contributed by atoms with Crippen molar-refractivity contribution in [3.63, 3.8) is 0 Å². The van der Waals surface area contributed by atoms with Gasteiger partial charge >= 0.3 is 0 Å². The van der Waals surface area contributed by atoms with Crippen LogP contribution >= 0.6 is 0 Å². The van der Waals surface area contributed by atoms with Crippen LogP contribution in [-0.2, 0) is 0 Å². The molecule has 0 saturated carbocycles. The number of hydrogen-bond acceptors (Lipinski definition) is 2. The molecule has 0 unspecified atom stereocenters. The van der Waals surface area contributed by atoms with Gasteiger partial charge < -0.3 is 4.98 Å². The molecule has 1 aliphatic heterocycles. The fourth-order valence-electron chi connectivity index (χ4n) is 2.84. The van der Waals surface area contributed by atoms with Crippen molar-refractivity contribution in [3.8, 4) is 0 Å². The van der Waals surface area contributed by atoms with Gasteiger partial charge in [-0.25, -0.2) is 0 Å². The van der Waals surface area contributed by atoms with E-state index in [-0.39, 0.29) is 0 Å². The van der Waals surface area contributed by atoms with Crippen molar-refractivity contribution in [1.29, 1.82) is 0 Å². The molecular formula is C21H17N3. The summed E-state index contributed by atoms with van der Waals surface area (Å²) in [6.45, 7) is 0. The topological polar surface area (TPSA) is 40.2 Å². The largest absolute Gasteiger partial charge is 0.361 e. The number of H-pyrrole nitrogens is 1. The second-order valence-electron chi connectivity index (χ2n) is 5.56. The fraction of sp³-hybridized carbons (Fsp3) is 0. The molecule has 2 N–H and O–H groups in total. The number of aromatic nitrogens is 1. The highest BCUT2D eigenvalue weighted by atomic mass is 15.3. The van der Waals surface area contributed by atoms with Crippen LogP contribution in [0.1, 0.15) is 5.56 Å². The molecule has 0 amide bonds. The number of hydrazone groups is 1. The zero-order chi connectivity index (χ0) is 16.2. The van der Waals surface area contributed by atoms with Crippen LogP contribution in [0.4, 0.5) is 5.69 Å². The standard InChI is InChI=1S/C11H9N3.C10H8/c1-2-8-3-4-10-9(5-7-12-10)11(8)14-13-6-1;1-2-6-10-8-4-3-7-9(10)5-1/h1-7,12,14H;1-8H. The van der Waals surface area contributed by atoms with Crippen LogP contribution in [0.3, 0.4) is 0 Å².